The summed E-state index contributed by atoms with van der Waals surface area (Å²) in [6, 6.07) is 19.1. The SMILES string of the molecule is CCCNC(=O)[C@@H](C)N(Cc1ccc(C)cc1)C(=O)CN(c1cccc(Cl)c1Cl)S(=O)(=O)c1ccccc1. The molecule has 3 aromatic carbocycles. The third kappa shape index (κ3) is 7.07. The summed E-state index contributed by atoms with van der Waals surface area (Å²) in [5.74, 6) is -0.897. The number of hydrogen-bond donors (Lipinski definition) is 1. The summed E-state index contributed by atoms with van der Waals surface area (Å²) in [5, 5.41) is 2.96. The maximum atomic E-state index is 13.9. The zero-order chi connectivity index (χ0) is 27.9. The molecule has 0 spiro atoms. The first-order valence-corrected chi connectivity index (χ1v) is 14.4. The van der Waals surface area contributed by atoms with Crippen molar-refractivity contribution < 1.29 is 18.0 Å². The summed E-state index contributed by atoms with van der Waals surface area (Å²) < 4.78 is 28.5. The number of carbonyl (C=O) groups excluding carboxylic acids is 2. The summed E-state index contributed by atoms with van der Waals surface area (Å²) in [7, 11) is -4.22. The predicted molar refractivity (Wildman–Crippen MR) is 152 cm³/mol. The van der Waals surface area contributed by atoms with Crippen molar-refractivity contribution in [3.63, 3.8) is 0 Å². The Hall–Kier alpha value is -3.07. The van der Waals surface area contributed by atoms with Gasteiger partial charge < -0.3 is 10.2 Å². The summed E-state index contributed by atoms with van der Waals surface area (Å²) >= 11 is 12.6. The van der Waals surface area contributed by atoms with Gasteiger partial charge in [-0.05, 0) is 50.1 Å². The van der Waals surface area contributed by atoms with E-state index in [1.165, 1.54) is 29.2 Å². The van der Waals surface area contributed by atoms with Crippen molar-refractivity contribution in [2.24, 2.45) is 0 Å². The van der Waals surface area contributed by atoms with Crippen LogP contribution in [0.25, 0.3) is 0 Å². The molecule has 0 aromatic heterocycles. The first-order valence-electron chi connectivity index (χ1n) is 12.2. The molecule has 0 fully saturated rings. The molecular weight excluding hydrogens is 545 g/mol. The van der Waals surface area contributed by atoms with E-state index in [1.807, 2.05) is 38.1 Å². The fourth-order valence-electron chi connectivity index (χ4n) is 3.79. The summed E-state index contributed by atoms with van der Waals surface area (Å²) in [4.78, 5) is 28.1. The lowest BCUT2D eigenvalue weighted by molar-refractivity contribution is -0.139. The van der Waals surface area contributed by atoms with Crippen LogP contribution in [-0.4, -0.2) is 44.3 Å². The van der Waals surface area contributed by atoms with Crippen molar-refractivity contribution in [1.82, 2.24) is 10.2 Å². The number of carbonyl (C=O) groups is 2. The summed E-state index contributed by atoms with van der Waals surface area (Å²) in [6.45, 7) is 5.49. The molecule has 0 aliphatic rings. The standard InChI is InChI=1S/C28H31Cl2N3O4S/c1-4-17-31-28(35)21(3)32(18-22-15-13-20(2)14-16-22)26(34)19-33(25-12-8-11-24(29)27(25)30)38(36,37)23-9-6-5-7-10-23/h5-16,21H,4,17-19H2,1-3H3,(H,31,35)/t21-/m1/s1. The van der Waals surface area contributed by atoms with Crippen molar-refractivity contribution >= 4 is 50.7 Å². The molecule has 7 nitrogen and oxygen atoms in total. The van der Waals surface area contributed by atoms with Gasteiger partial charge in [0, 0.05) is 13.1 Å². The number of anilines is 1. The molecule has 0 bridgehead atoms. The second-order valence-corrected chi connectivity index (χ2v) is 11.5. The molecule has 0 heterocycles. The zero-order valence-electron chi connectivity index (χ0n) is 21.5. The van der Waals surface area contributed by atoms with Crippen molar-refractivity contribution in [1.29, 1.82) is 0 Å². The first-order chi connectivity index (χ1) is 18.1. The van der Waals surface area contributed by atoms with Crippen LogP contribution in [0.5, 0.6) is 0 Å². The van der Waals surface area contributed by atoms with Crippen LogP contribution in [0, 0.1) is 6.92 Å². The van der Waals surface area contributed by atoms with Gasteiger partial charge in [-0.1, -0.05) is 84.2 Å². The summed E-state index contributed by atoms with van der Waals surface area (Å²) in [6.07, 6.45) is 0.737. The molecule has 0 aliphatic carbocycles. The fraction of sp³-hybridized carbons (Fsp3) is 0.286. The third-order valence-electron chi connectivity index (χ3n) is 6.00. The van der Waals surface area contributed by atoms with Crippen LogP contribution in [0.4, 0.5) is 5.69 Å². The van der Waals surface area contributed by atoms with Gasteiger partial charge in [-0.3, -0.25) is 13.9 Å². The number of amides is 2. The van der Waals surface area contributed by atoms with E-state index in [0.29, 0.717) is 6.54 Å². The number of sulfonamides is 1. The molecule has 0 radical (unpaired) electrons. The monoisotopic (exact) mass is 575 g/mol. The zero-order valence-corrected chi connectivity index (χ0v) is 23.9. The number of aryl methyl sites for hydroxylation is 1. The average molecular weight is 577 g/mol. The number of rotatable bonds is 11. The van der Waals surface area contributed by atoms with Crippen molar-refractivity contribution in [2.75, 3.05) is 17.4 Å². The fourth-order valence-corrected chi connectivity index (χ4v) is 5.68. The minimum Gasteiger partial charge on any atom is -0.354 e. The van der Waals surface area contributed by atoms with E-state index < -0.39 is 28.5 Å². The van der Waals surface area contributed by atoms with Crippen LogP contribution < -0.4 is 9.62 Å². The highest BCUT2D eigenvalue weighted by Gasteiger charge is 2.33. The Morgan fingerprint density at radius 3 is 2.24 bits per heavy atom. The maximum absolute atomic E-state index is 13.9. The van der Waals surface area contributed by atoms with Crippen LogP contribution >= 0.6 is 23.2 Å². The molecule has 0 aliphatic heterocycles. The summed E-state index contributed by atoms with van der Waals surface area (Å²) in [5.41, 5.74) is 1.92. The Balaban J connectivity index is 2.04. The quantitative estimate of drug-likeness (QED) is 0.330. The molecule has 0 saturated carbocycles. The number of nitrogens with one attached hydrogen (secondary N) is 1. The van der Waals surface area contributed by atoms with Crippen LogP contribution in [0.15, 0.2) is 77.7 Å². The predicted octanol–water partition coefficient (Wildman–Crippen LogP) is 5.44. The molecule has 0 unspecified atom stereocenters. The highest BCUT2D eigenvalue weighted by Crippen LogP contribution is 2.35. The Morgan fingerprint density at radius 2 is 1.61 bits per heavy atom. The lowest BCUT2D eigenvalue weighted by Crippen LogP contribution is -2.51. The van der Waals surface area contributed by atoms with Gasteiger partial charge >= 0.3 is 0 Å². The Bertz CT molecular complexity index is 1370. The molecule has 1 atom stereocenters. The number of hydrogen-bond acceptors (Lipinski definition) is 4. The molecule has 2 amide bonds. The van der Waals surface area contributed by atoms with Crippen molar-refractivity contribution in [3.05, 3.63) is 94.0 Å². The lowest BCUT2D eigenvalue weighted by Gasteiger charge is -2.32. The van der Waals surface area contributed by atoms with Crippen LogP contribution in [0.2, 0.25) is 10.0 Å². The Morgan fingerprint density at radius 1 is 0.947 bits per heavy atom. The van der Waals surface area contributed by atoms with E-state index in [2.05, 4.69) is 5.32 Å². The van der Waals surface area contributed by atoms with Crippen molar-refractivity contribution in [2.45, 2.75) is 44.7 Å². The van der Waals surface area contributed by atoms with Crippen LogP contribution in [0.1, 0.15) is 31.4 Å². The Kier molecular flexibility index (Phi) is 10.2. The molecule has 3 rings (SSSR count). The molecule has 38 heavy (non-hydrogen) atoms. The van der Waals surface area contributed by atoms with Crippen LogP contribution in [-0.2, 0) is 26.2 Å². The van der Waals surface area contributed by atoms with Gasteiger partial charge in [0.1, 0.15) is 12.6 Å². The highest BCUT2D eigenvalue weighted by atomic mass is 35.5. The van der Waals surface area contributed by atoms with E-state index in [9.17, 15) is 18.0 Å². The van der Waals surface area contributed by atoms with E-state index in [0.717, 1.165) is 21.9 Å². The third-order valence-corrected chi connectivity index (χ3v) is 8.58. The molecule has 202 valence electrons. The molecule has 10 heteroatoms. The lowest BCUT2D eigenvalue weighted by atomic mass is 10.1. The van der Waals surface area contributed by atoms with Crippen molar-refractivity contribution in [3.8, 4) is 0 Å². The second kappa shape index (κ2) is 13.1. The number of halogens is 2. The molecular formula is C28H31Cl2N3O4S. The topological polar surface area (TPSA) is 86.8 Å². The van der Waals surface area contributed by atoms with Gasteiger partial charge in [0.15, 0.2) is 0 Å². The number of nitrogens with zero attached hydrogens (tertiary/aromatic N) is 2. The van der Waals surface area contributed by atoms with Gasteiger partial charge in [0.2, 0.25) is 11.8 Å². The molecule has 0 saturated heterocycles. The van der Waals surface area contributed by atoms with E-state index in [1.54, 1.807) is 31.2 Å². The minimum atomic E-state index is -4.22. The van der Waals surface area contributed by atoms with Gasteiger partial charge in [0.05, 0.1) is 20.6 Å². The molecule has 3 aromatic rings. The van der Waals surface area contributed by atoms with E-state index in [-0.39, 0.29) is 33.1 Å². The minimum absolute atomic E-state index is 0.000273. The van der Waals surface area contributed by atoms with Gasteiger partial charge in [-0.25, -0.2) is 8.42 Å². The second-order valence-electron chi connectivity index (χ2n) is 8.87. The van der Waals surface area contributed by atoms with Gasteiger partial charge in [-0.15, -0.1) is 0 Å². The van der Waals surface area contributed by atoms with Gasteiger partial charge in [-0.2, -0.15) is 0 Å². The van der Waals surface area contributed by atoms with Crippen LogP contribution in [0.3, 0.4) is 0 Å². The highest BCUT2D eigenvalue weighted by molar-refractivity contribution is 7.92. The maximum Gasteiger partial charge on any atom is 0.264 e. The van der Waals surface area contributed by atoms with E-state index >= 15 is 0 Å². The smallest absolute Gasteiger partial charge is 0.264 e. The normalized spacial score (nSPS) is 12.0. The average Bonchev–Trinajstić information content (AvgIpc) is 2.91. The van der Waals surface area contributed by atoms with E-state index in [4.69, 9.17) is 23.2 Å². The first kappa shape index (κ1) is 29.5. The largest absolute Gasteiger partial charge is 0.354 e. The number of benzene rings is 3. The Labute approximate surface area is 234 Å². The molecule has 1 N–H and O–H groups in total. The van der Waals surface area contributed by atoms with Gasteiger partial charge in [0.25, 0.3) is 10.0 Å².